The maximum atomic E-state index is 12.4. The summed E-state index contributed by atoms with van der Waals surface area (Å²) < 4.78 is 5.34. The molecule has 0 spiro atoms. The standard InChI is InChI=1S/C19H10Cl2N4O4S.C3H7NO/c20-12-5-11-6-14(18(26)29-17(11)15(21)7-12)16-9-22-19(30-16)24-23-8-10-1-3-13(4-2-10)25(27)28;1-4(2)3-5/h1-9H,(H,22,24);3H,1-2H3. The van der Waals surface area contributed by atoms with Gasteiger partial charge >= 0.3 is 5.63 Å². The molecule has 0 aliphatic carbocycles. The van der Waals surface area contributed by atoms with E-state index >= 15 is 0 Å². The van der Waals surface area contributed by atoms with Crippen LogP contribution in [0.25, 0.3) is 21.4 Å². The van der Waals surface area contributed by atoms with E-state index in [9.17, 15) is 19.7 Å². The lowest BCUT2D eigenvalue weighted by Crippen LogP contribution is -2.06. The molecule has 0 aliphatic rings. The lowest BCUT2D eigenvalue weighted by atomic mass is 10.1. The molecule has 4 rings (SSSR count). The number of carbonyl (C=O) groups is 1. The van der Waals surface area contributed by atoms with Gasteiger partial charge in [-0.2, -0.15) is 5.10 Å². The average Bonchev–Trinajstić information content (AvgIpc) is 3.28. The highest BCUT2D eigenvalue weighted by Crippen LogP contribution is 2.32. The number of carbonyl (C=O) groups excluding carboxylic acids is 1. The van der Waals surface area contributed by atoms with E-state index in [-0.39, 0.29) is 16.3 Å². The molecule has 0 atom stereocenters. The van der Waals surface area contributed by atoms with Gasteiger partial charge in [0.15, 0.2) is 5.58 Å². The Hall–Kier alpha value is -3.80. The summed E-state index contributed by atoms with van der Waals surface area (Å²) in [5, 5.41) is 16.5. The molecule has 2 heterocycles. The quantitative estimate of drug-likeness (QED) is 0.117. The lowest BCUT2D eigenvalue weighted by molar-refractivity contribution is -0.384. The minimum Gasteiger partial charge on any atom is -0.421 e. The van der Waals surface area contributed by atoms with Gasteiger partial charge in [-0.05, 0) is 35.9 Å². The molecule has 2 aromatic carbocycles. The molecule has 0 unspecified atom stereocenters. The van der Waals surface area contributed by atoms with Gasteiger partial charge in [-0.1, -0.05) is 34.5 Å². The first-order valence-corrected chi connectivity index (χ1v) is 11.3. The summed E-state index contributed by atoms with van der Waals surface area (Å²) in [7, 11) is 3.38. The van der Waals surface area contributed by atoms with Gasteiger partial charge in [0, 0.05) is 42.8 Å². The molecule has 2 aromatic heterocycles. The van der Waals surface area contributed by atoms with Crippen LogP contribution in [0.3, 0.4) is 0 Å². The number of halogens is 2. The topological polar surface area (TPSA) is 131 Å². The van der Waals surface area contributed by atoms with Crippen LogP contribution in [-0.4, -0.2) is 41.5 Å². The number of fused-ring (bicyclic) bond motifs is 1. The normalized spacial score (nSPS) is 10.6. The molecule has 1 amide bonds. The van der Waals surface area contributed by atoms with Crippen LogP contribution in [0, 0.1) is 10.1 Å². The van der Waals surface area contributed by atoms with E-state index in [4.69, 9.17) is 27.6 Å². The van der Waals surface area contributed by atoms with Crippen LogP contribution in [-0.2, 0) is 4.79 Å². The molecule has 180 valence electrons. The van der Waals surface area contributed by atoms with Crippen molar-refractivity contribution in [3.8, 4) is 10.4 Å². The number of aromatic nitrogens is 1. The number of amides is 1. The second-order valence-electron chi connectivity index (χ2n) is 7.07. The molecular weight excluding hydrogens is 517 g/mol. The van der Waals surface area contributed by atoms with E-state index in [1.165, 1.54) is 46.8 Å². The van der Waals surface area contributed by atoms with Crippen molar-refractivity contribution in [3.63, 3.8) is 0 Å². The summed E-state index contributed by atoms with van der Waals surface area (Å²) in [5.41, 5.74) is 3.49. The van der Waals surface area contributed by atoms with Gasteiger partial charge in [0.25, 0.3) is 5.69 Å². The zero-order valence-electron chi connectivity index (χ0n) is 18.3. The minimum atomic E-state index is -0.545. The molecule has 0 bridgehead atoms. The van der Waals surface area contributed by atoms with E-state index in [1.54, 1.807) is 38.4 Å². The lowest BCUT2D eigenvalue weighted by Gasteiger charge is -2.02. The van der Waals surface area contributed by atoms with Gasteiger partial charge in [0.1, 0.15) is 0 Å². The predicted molar refractivity (Wildman–Crippen MR) is 138 cm³/mol. The van der Waals surface area contributed by atoms with Crippen molar-refractivity contribution < 1.29 is 14.1 Å². The predicted octanol–water partition coefficient (Wildman–Crippen LogP) is 5.28. The van der Waals surface area contributed by atoms with Crippen molar-refractivity contribution in [1.29, 1.82) is 0 Å². The third-order valence-corrected chi connectivity index (χ3v) is 5.65. The smallest absolute Gasteiger partial charge is 0.345 e. The molecule has 0 radical (unpaired) electrons. The largest absolute Gasteiger partial charge is 0.421 e. The maximum absolute atomic E-state index is 12.4. The van der Waals surface area contributed by atoms with Gasteiger partial charge in [-0.3, -0.25) is 20.3 Å². The number of non-ortho nitro benzene ring substituents is 1. The molecule has 4 aromatic rings. The van der Waals surface area contributed by atoms with Crippen LogP contribution in [0.5, 0.6) is 0 Å². The number of nitro groups is 1. The van der Waals surface area contributed by atoms with E-state index in [0.717, 1.165) is 6.41 Å². The molecule has 0 aliphatic heterocycles. The summed E-state index contributed by atoms with van der Waals surface area (Å²) in [4.78, 5) is 38.2. The molecule has 13 heteroatoms. The Morgan fingerprint density at radius 1 is 1.20 bits per heavy atom. The molecule has 0 fully saturated rings. The van der Waals surface area contributed by atoms with Crippen LogP contribution in [0.15, 0.2) is 63.0 Å². The fourth-order valence-corrected chi connectivity index (χ4v) is 3.94. The molecule has 35 heavy (non-hydrogen) atoms. The zero-order valence-corrected chi connectivity index (χ0v) is 20.6. The number of benzene rings is 2. The van der Waals surface area contributed by atoms with Crippen molar-refractivity contribution in [2.24, 2.45) is 5.10 Å². The summed E-state index contributed by atoms with van der Waals surface area (Å²) in [5.74, 6) is 0. The van der Waals surface area contributed by atoms with Crippen LogP contribution < -0.4 is 11.1 Å². The number of nitrogens with one attached hydrogen (secondary N) is 1. The Labute approximate surface area is 212 Å². The second kappa shape index (κ2) is 11.6. The number of hydrogen-bond acceptors (Lipinski definition) is 9. The van der Waals surface area contributed by atoms with Crippen molar-refractivity contribution in [3.05, 3.63) is 84.8 Å². The van der Waals surface area contributed by atoms with Crippen molar-refractivity contribution in [2.45, 2.75) is 0 Å². The molecule has 1 N–H and O–H groups in total. The van der Waals surface area contributed by atoms with Gasteiger partial charge in [-0.15, -0.1) is 0 Å². The fourth-order valence-electron chi connectivity index (χ4n) is 2.62. The highest BCUT2D eigenvalue weighted by molar-refractivity contribution is 7.18. The monoisotopic (exact) mass is 533 g/mol. The summed E-state index contributed by atoms with van der Waals surface area (Å²) in [6.45, 7) is 0. The maximum Gasteiger partial charge on any atom is 0.345 e. The Morgan fingerprint density at radius 3 is 2.51 bits per heavy atom. The Kier molecular flexibility index (Phi) is 8.53. The number of hydrazone groups is 1. The Morgan fingerprint density at radius 2 is 1.89 bits per heavy atom. The SMILES string of the molecule is CN(C)C=O.O=c1oc2c(Cl)cc(Cl)cc2cc1-c1cnc(NN=Cc2ccc([N+](=O)[O-])cc2)s1. The first kappa shape index (κ1) is 25.8. The van der Waals surface area contributed by atoms with Gasteiger partial charge in [0.2, 0.25) is 11.5 Å². The molecule has 0 saturated carbocycles. The summed E-state index contributed by atoms with van der Waals surface area (Å²) in [6.07, 6.45) is 3.78. The molecular formula is C22H17Cl2N5O5S. The minimum absolute atomic E-state index is 0.00136. The zero-order chi connectivity index (χ0) is 25.5. The van der Waals surface area contributed by atoms with Crippen LogP contribution in [0.1, 0.15) is 5.56 Å². The van der Waals surface area contributed by atoms with Gasteiger partial charge in [0.05, 0.1) is 26.6 Å². The Balaban J connectivity index is 0.000000623. The first-order valence-electron chi connectivity index (χ1n) is 9.72. The van der Waals surface area contributed by atoms with E-state index in [1.807, 2.05) is 0 Å². The molecule has 10 nitrogen and oxygen atoms in total. The Bertz CT molecular complexity index is 1450. The van der Waals surface area contributed by atoms with Gasteiger partial charge in [-0.25, -0.2) is 9.78 Å². The molecule has 0 saturated heterocycles. The number of thiazole rings is 1. The third-order valence-electron chi connectivity index (χ3n) is 4.21. The summed E-state index contributed by atoms with van der Waals surface area (Å²) in [6, 6.07) is 10.7. The highest BCUT2D eigenvalue weighted by atomic mass is 35.5. The fraction of sp³-hybridized carbons (Fsp3) is 0.0909. The van der Waals surface area contributed by atoms with E-state index in [0.29, 0.717) is 31.5 Å². The number of anilines is 1. The van der Waals surface area contributed by atoms with Crippen LogP contribution in [0.4, 0.5) is 10.8 Å². The van der Waals surface area contributed by atoms with Crippen molar-refractivity contribution in [1.82, 2.24) is 9.88 Å². The van der Waals surface area contributed by atoms with Crippen molar-refractivity contribution >= 4 is 69.0 Å². The number of nitro benzene ring substituents is 1. The number of hydrogen-bond donors (Lipinski definition) is 1. The van der Waals surface area contributed by atoms with E-state index in [2.05, 4.69) is 15.5 Å². The second-order valence-corrected chi connectivity index (χ2v) is 8.95. The van der Waals surface area contributed by atoms with Gasteiger partial charge < -0.3 is 9.32 Å². The van der Waals surface area contributed by atoms with Crippen LogP contribution in [0.2, 0.25) is 10.0 Å². The number of rotatable bonds is 6. The van der Waals surface area contributed by atoms with E-state index < -0.39 is 10.5 Å². The highest BCUT2D eigenvalue weighted by Gasteiger charge is 2.13. The van der Waals surface area contributed by atoms with Crippen LogP contribution >= 0.6 is 34.5 Å². The first-order chi connectivity index (χ1) is 16.7. The van der Waals surface area contributed by atoms with Crippen molar-refractivity contribution in [2.75, 3.05) is 19.5 Å². The number of nitrogens with zero attached hydrogens (tertiary/aromatic N) is 4. The summed E-state index contributed by atoms with van der Waals surface area (Å²) >= 11 is 13.3. The average molecular weight is 534 g/mol. The third kappa shape index (κ3) is 6.85.